The van der Waals surface area contributed by atoms with E-state index in [9.17, 15) is 10.0 Å². The van der Waals surface area contributed by atoms with Crippen molar-refractivity contribution in [3.8, 4) is 11.1 Å². The van der Waals surface area contributed by atoms with Gasteiger partial charge in [0.15, 0.2) is 11.9 Å². The summed E-state index contributed by atoms with van der Waals surface area (Å²) in [6, 6.07) is 17.5. The van der Waals surface area contributed by atoms with Gasteiger partial charge in [-0.05, 0) is 41.7 Å². The normalized spacial score (nSPS) is 10.7. The minimum absolute atomic E-state index is 0.342. The van der Waals surface area contributed by atoms with Crippen molar-refractivity contribution in [3.63, 3.8) is 0 Å². The molecule has 4 nitrogen and oxygen atoms in total. The van der Waals surface area contributed by atoms with E-state index < -0.39 is 0 Å². The molecule has 1 heterocycles. The van der Waals surface area contributed by atoms with Crippen LogP contribution < -0.4 is 4.73 Å². The highest BCUT2D eigenvalue weighted by atomic mass is 16.5. The van der Waals surface area contributed by atoms with Crippen molar-refractivity contribution >= 4 is 5.97 Å². The Morgan fingerprint density at radius 2 is 1.79 bits per heavy atom. The number of carbonyl (C=O) groups excluding carboxylic acids is 1. The van der Waals surface area contributed by atoms with E-state index in [1.165, 1.54) is 7.11 Å². The van der Waals surface area contributed by atoms with Crippen molar-refractivity contribution in [1.82, 2.24) is 0 Å². The van der Waals surface area contributed by atoms with E-state index in [4.69, 9.17) is 4.74 Å². The van der Waals surface area contributed by atoms with Crippen molar-refractivity contribution in [2.75, 3.05) is 7.11 Å². The standard InChI is InChI=1S/C25H27NO3/c1-4-5-10-24-23(18(2)15-16-26(24)28)17-19-11-13-20(14-12-19)21-8-6-7-9-22(21)25(27)29-3/h6-9,11-16H,4-5,10,17H2,1-3H3. The Morgan fingerprint density at radius 1 is 1.07 bits per heavy atom. The highest BCUT2D eigenvalue weighted by Crippen LogP contribution is 2.26. The second-order valence-corrected chi connectivity index (χ2v) is 7.26. The Hall–Kier alpha value is -3.14. The van der Waals surface area contributed by atoms with E-state index in [1.807, 2.05) is 36.4 Å². The van der Waals surface area contributed by atoms with Crippen molar-refractivity contribution in [2.45, 2.75) is 39.5 Å². The fourth-order valence-corrected chi connectivity index (χ4v) is 3.61. The molecule has 29 heavy (non-hydrogen) atoms. The van der Waals surface area contributed by atoms with Gasteiger partial charge in [-0.25, -0.2) is 4.79 Å². The van der Waals surface area contributed by atoms with Crippen LogP contribution in [0.15, 0.2) is 60.8 Å². The number of ether oxygens (including phenoxy) is 1. The summed E-state index contributed by atoms with van der Waals surface area (Å²) in [6.45, 7) is 4.20. The van der Waals surface area contributed by atoms with Crippen LogP contribution >= 0.6 is 0 Å². The largest absolute Gasteiger partial charge is 0.618 e. The minimum atomic E-state index is -0.342. The highest BCUT2D eigenvalue weighted by Gasteiger charge is 2.16. The Balaban J connectivity index is 1.90. The van der Waals surface area contributed by atoms with Gasteiger partial charge in [0.25, 0.3) is 0 Å². The lowest BCUT2D eigenvalue weighted by atomic mass is 9.94. The molecule has 1 aromatic heterocycles. The van der Waals surface area contributed by atoms with E-state index in [0.29, 0.717) is 12.0 Å². The first kappa shape index (κ1) is 20.6. The van der Waals surface area contributed by atoms with E-state index >= 15 is 0 Å². The average Bonchev–Trinajstić information content (AvgIpc) is 2.76. The van der Waals surface area contributed by atoms with Crippen LogP contribution in [0.1, 0.15) is 52.5 Å². The molecule has 3 rings (SSSR count). The Kier molecular flexibility index (Phi) is 6.65. The Labute approximate surface area is 172 Å². The molecule has 0 fully saturated rings. The van der Waals surface area contributed by atoms with Crippen molar-refractivity contribution in [1.29, 1.82) is 0 Å². The summed E-state index contributed by atoms with van der Waals surface area (Å²) in [5.74, 6) is -0.342. The van der Waals surface area contributed by atoms with Crippen molar-refractivity contribution in [3.05, 3.63) is 93.9 Å². The molecule has 150 valence electrons. The topological polar surface area (TPSA) is 53.2 Å². The van der Waals surface area contributed by atoms with Crippen LogP contribution in [0.4, 0.5) is 0 Å². The lowest BCUT2D eigenvalue weighted by molar-refractivity contribution is -0.614. The Bertz CT molecular complexity index is 993. The van der Waals surface area contributed by atoms with Gasteiger partial charge in [-0.3, -0.25) is 0 Å². The lowest BCUT2D eigenvalue weighted by Crippen LogP contribution is -2.33. The Morgan fingerprint density at radius 3 is 2.48 bits per heavy atom. The smallest absolute Gasteiger partial charge is 0.338 e. The number of hydrogen-bond acceptors (Lipinski definition) is 3. The van der Waals surface area contributed by atoms with E-state index in [-0.39, 0.29) is 5.97 Å². The first-order chi connectivity index (χ1) is 14.0. The zero-order valence-corrected chi connectivity index (χ0v) is 17.3. The van der Waals surface area contributed by atoms with Crippen LogP contribution in [0.3, 0.4) is 0 Å². The number of benzene rings is 2. The summed E-state index contributed by atoms with van der Waals surface area (Å²) in [4.78, 5) is 12.1. The molecular weight excluding hydrogens is 362 g/mol. The van der Waals surface area contributed by atoms with E-state index in [2.05, 4.69) is 26.0 Å². The number of hydrogen-bond donors (Lipinski definition) is 0. The van der Waals surface area contributed by atoms with Gasteiger partial charge in [0.2, 0.25) is 0 Å². The predicted octanol–water partition coefficient (Wildman–Crippen LogP) is 5.02. The second kappa shape index (κ2) is 9.37. The molecule has 0 bridgehead atoms. The molecule has 3 aromatic rings. The first-order valence-electron chi connectivity index (χ1n) is 10.0. The van der Waals surface area contributed by atoms with Gasteiger partial charge in [-0.15, -0.1) is 0 Å². The van der Waals surface area contributed by atoms with E-state index in [0.717, 1.165) is 57.5 Å². The number of pyridine rings is 1. The van der Waals surface area contributed by atoms with Crippen LogP contribution in [0.2, 0.25) is 0 Å². The number of aryl methyl sites for hydroxylation is 1. The van der Waals surface area contributed by atoms with Gasteiger partial charge < -0.3 is 9.94 Å². The van der Waals surface area contributed by atoms with Crippen LogP contribution in [0.25, 0.3) is 11.1 Å². The zero-order chi connectivity index (χ0) is 20.8. The lowest BCUT2D eigenvalue weighted by Gasteiger charge is -2.13. The number of esters is 1. The molecule has 0 aliphatic carbocycles. The molecule has 4 heteroatoms. The zero-order valence-electron chi connectivity index (χ0n) is 17.3. The number of aromatic nitrogens is 1. The average molecular weight is 389 g/mol. The van der Waals surface area contributed by atoms with Gasteiger partial charge in [0.05, 0.1) is 12.7 Å². The molecule has 0 radical (unpaired) electrons. The molecule has 0 saturated carbocycles. The molecule has 0 aliphatic heterocycles. The first-order valence-corrected chi connectivity index (χ1v) is 10.0. The number of carbonyl (C=O) groups is 1. The summed E-state index contributed by atoms with van der Waals surface area (Å²) in [6.07, 6.45) is 5.18. The van der Waals surface area contributed by atoms with Crippen molar-refractivity contribution in [2.24, 2.45) is 0 Å². The third-order valence-corrected chi connectivity index (χ3v) is 5.30. The van der Waals surface area contributed by atoms with E-state index in [1.54, 1.807) is 12.3 Å². The van der Waals surface area contributed by atoms with Crippen LogP contribution in [0.5, 0.6) is 0 Å². The summed E-state index contributed by atoms with van der Waals surface area (Å²) in [5, 5.41) is 12.3. The monoisotopic (exact) mass is 389 g/mol. The molecule has 0 amide bonds. The van der Waals surface area contributed by atoms with Gasteiger partial charge in [0, 0.05) is 24.5 Å². The molecular formula is C25H27NO3. The number of nitrogens with zero attached hydrogens (tertiary/aromatic N) is 1. The number of methoxy groups -OCH3 is 1. The summed E-state index contributed by atoms with van der Waals surface area (Å²) >= 11 is 0. The highest BCUT2D eigenvalue weighted by molar-refractivity contribution is 5.97. The van der Waals surface area contributed by atoms with Gasteiger partial charge in [-0.2, -0.15) is 4.73 Å². The maximum Gasteiger partial charge on any atom is 0.338 e. The van der Waals surface area contributed by atoms with Crippen LogP contribution in [-0.4, -0.2) is 13.1 Å². The fourth-order valence-electron chi connectivity index (χ4n) is 3.61. The van der Waals surface area contributed by atoms with Crippen LogP contribution in [0, 0.1) is 12.1 Å². The third-order valence-electron chi connectivity index (χ3n) is 5.30. The maximum absolute atomic E-state index is 12.3. The predicted molar refractivity (Wildman–Crippen MR) is 115 cm³/mol. The summed E-state index contributed by atoms with van der Waals surface area (Å²) < 4.78 is 5.91. The fraction of sp³-hybridized carbons (Fsp3) is 0.280. The second-order valence-electron chi connectivity index (χ2n) is 7.26. The SMILES string of the molecule is CCCCc1c(Cc2ccc(-c3ccccc3C(=O)OC)cc2)c(C)cc[n+]1[O-]. The minimum Gasteiger partial charge on any atom is -0.618 e. The number of unbranched alkanes of at least 4 members (excludes halogenated alkanes) is 1. The van der Waals surface area contributed by atoms with Crippen molar-refractivity contribution < 1.29 is 14.3 Å². The molecule has 0 aliphatic rings. The molecule has 0 spiro atoms. The number of rotatable bonds is 7. The van der Waals surface area contributed by atoms with Gasteiger partial charge in [0.1, 0.15) is 0 Å². The molecule has 0 N–H and O–H groups in total. The van der Waals surface area contributed by atoms with Gasteiger partial charge >= 0.3 is 5.97 Å². The van der Waals surface area contributed by atoms with Gasteiger partial charge in [-0.1, -0.05) is 55.8 Å². The summed E-state index contributed by atoms with van der Waals surface area (Å²) in [5.41, 5.74) is 6.62. The maximum atomic E-state index is 12.3. The molecule has 2 aromatic carbocycles. The molecule has 0 unspecified atom stereocenters. The summed E-state index contributed by atoms with van der Waals surface area (Å²) in [7, 11) is 1.39. The molecule has 0 atom stereocenters. The van der Waals surface area contributed by atoms with Crippen LogP contribution in [-0.2, 0) is 17.6 Å². The quantitative estimate of drug-likeness (QED) is 0.324. The third kappa shape index (κ3) is 4.65. The molecule has 0 saturated heterocycles.